The van der Waals surface area contributed by atoms with Crippen molar-refractivity contribution in [2.75, 3.05) is 6.61 Å². The molecule has 0 radical (unpaired) electrons. The van der Waals surface area contributed by atoms with Crippen molar-refractivity contribution in [3.05, 3.63) is 63.9 Å². The highest BCUT2D eigenvalue weighted by Crippen LogP contribution is 2.34. The van der Waals surface area contributed by atoms with Crippen molar-refractivity contribution < 1.29 is 9.13 Å². The van der Waals surface area contributed by atoms with Gasteiger partial charge in [-0.2, -0.15) is 0 Å². The summed E-state index contributed by atoms with van der Waals surface area (Å²) in [5.41, 5.74) is 9.30. The first-order valence-corrected chi connectivity index (χ1v) is 6.97. The molecule has 2 N–H and O–H groups in total. The van der Waals surface area contributed by atoms with Crippen molar-refractivity contribution in [2.45, 2.75) is 18.9 Å². The Labute approximate surface area is 122 Å². The van der Waals surface area contributed by atoms with Crippen LogP contribution >= 0.6 is 11.6 Å². The minimum absolute atomic E-state index is 0.217. The lowest BCUT2D eigenvalue weighted by molar-refractivity contribution is 0.351. The zero-order valence-electron chi connectivity index (χ0n) is 10.9. The third-order valence-corrected chi connectivity index (χ3v) is 3.95. The summed E-state index contributed by atoms with van der Waals surface area (Å²) < 4.78 is 18.7. The standard InChI is InChI=1S/C16H15ClFNO/c17-14-9-12(18)5-4-11(14)8-15(19)13-3-1-2-10-6-7-20-16(10)13/h1-5,9,15H,6-8,19H2. The molecule has 0 aromatic heterocycles. The number of rotatable bonds is 3. The summed E-state index contributed by atoms with van der Waals surface area (Å²) in [6, 6.07) is 10.2. The SMILES string of the molecule is NC(Cc1ccc(F)cc1Cl)c1cccc2c1OCC2. The molecule has 0 saturated heterocycles. The lowest BCUT2D eigenvalue weighted by Gasteiger charge is -2.16. The van der Waals surface area contributed by atoms with Gasteiger partial charge in [-0.05, 0) is 29.7 Å². The van der Waals surface area contributed by atoms with E-state index in [4.69, 9.17) is 22.1 Å². The highest BCUT2D eigenvalue weighted by molar-refractivity contribution is 6.31. The maximum atomic E-state index is 13.1. The van der Waals surface area contributed by atoms with E-state index in [0.29, 0.717) is 18.1 Å². The number of halogens is 2. The van der Waals surface area contributed by atoms with Crippen molar-refractivity contribution in [1.82, 2.24) is 0 Å². The minimum Gasteiger partial charge on any atom is -0.493 e. The van der Waals surface area contributed by atoms with Crippen LogP contribution in [0.25, 0.3) is 0 Å². The monoisotopic (exact) mass is 291 g/mol. The number of hydrogen-bond donors (Lipinski definition) is 1. The summed E-state index contributed by atoms with van der Waals surface area (Å²) in [4.78, 5) is 0. The third-order valence-electron chi connectivity index (χ3n) is 3.60. The molecule has 1 atom stereocenters. The van der Waals surface area contributed by atoms with E-state index in [9.17, 15) is 4.39 Å². The molecule has 3 rings (SSSR count). The fraction of sp³-hybridized carbons (Fsp3) is 0.250. The number of benzene rings is 2. The zero-order chi connectivity index (χ0) is 14.1. The Morgan fingerprint density at radius 1 is 1.30 bits per heavy atom. The molecule has 1 unspecified atom stereocenters. The molecular weight excluding hydrogens is 277 g/mol. The van der Waals surface area contributed by atoms with E-state index < -0.39 is 0 Å². The summed E-state index contributed by atoms with van der Waals surface area (Å²) in [5, 5.41) is 0.411. The summed E-state index contributed by atoms with van der Waals surface area (Å²) in [5.74, 6) is 0.564. The Morgan fingerprint density at radius 2 is 2.15 bits per heavy atom. The minimum atomic E-state index is -0.337. The van der Waals surface area contributed by atoms with Gasteiger partial charge in [0.25, 0.3) is 0 Å². The fourth-order valence-corrected chi connectivity index (χ4v) is 2.81. The van der Waals surface area contributed by atoms with E-state index >= 15 is 0 Å². The molecular formula is C16H15ClFNO. The maximum absolute atomic E-state index is 13.1. The van der Waals surface area contributed by atoms with Crippen molar-refractivity contribution in [3.8, 4) is 5.75 Å². The van der Waals surface area contributed by atoms with Crippen LogP contribution in [0.3, 0.4) is 0 Å². The van der Waals surface area contributed by atoms with Gasteiger partial charge in [-0.3, -0.25) is 0 Å². The first kappa shape index (κ1) is 13.4. The van der Waals surface area contributed by atoms with Gasteiger partial charge in [0.05, 0.1) is 6.61 Å². The topological polar surface area (TPSA) is 35.2 Å². The van der Waals surface area contributed by atoms with Crippen LogP contribution in [-0.4, -0.2) is 6.61 Å². The second-order valence-electron chi connectivity index (χ2n) is 4.98. The van der Waals surface area contributed by atoms with Gasteiger partial charge in [-0.15, -0.1) is 0 Å². The normalized spacial score (nSPS) is 14.8. The van der Waals surface area contributed by atoms with Gasteiger partial charge in [-0.25, -0.2) is 4.39 Å². The second-order valence-corrected chi connectivity index (χ2v) is 5.39. The molecule has 1 aliphatic heterocycles. The molecule has 2 nitrogen and oxygen atoms in total. The maximum Gasteiger partial charge on any atom is 0.127 e. The van der Waals surface area contributed by atoms with Crippen LogP contribution in [0, 0.1) is 5.82 Å². The Hall–Kier alpha value is -1.58. The van der Waals surface area contributed by atoms with E-state index in [-0.39, 0.29) is 11.9 Å². The molecule has 0 fully saturated rings. The van der Waals surface area contributed by atoms with Gasteiger partial charge in [0, 0.05) is 23.0 Å². The summed E-state index contributed by atoms with van der Waals surface area (Å²) in [7, 11) is 0. The van der Waals surface area contributed by atoms with Crippen LogP contribution < -0.4 is 10.5 Å². The molecule has 2 aromatic carbocycles. The van der Waals surface area contributed by atoms with E-state index in [0.717, 1.165) is 23.3 Å². The highest BCUT2D eigenvalue weighted by Gasteiger charge is 2.20. The zero-order valence-corrected chi connectivity index (χ0v) is 11.7. The molecule has 0 spiro atoms. The summed E-state index contributed by atoms with van der Waals surface area (Å²) in [6.45, 7) is 0.705. The molecule has 1 aliphatic rings. The van der Waals surface area contributed by atoms with Gasteiger partial charge < -0.3 is 10.5 Å². The van der Waals surface area contributed by atoms with Crippen molar-refractivity contribution >= 4 is 11.6 Å². The Balaban J connectivity index is 1.86. The van der Waals surface area contributed by atoms with Gasteiger partial charge in [0.2, 0.25) is 0 Å². The molecule has 0 amide bonds. The van der Waals surface area contributed by atoms with Crippen LogP contribution in [0.4, 0.5) is 4.39 Å². The molecule has 1 heterocycles. The van der Waals surface area contributed by atoms with Crippen LogP contribution in [0.2, 0.25) is 5.02 Å². The average Bonchev–Trinajstić information content (AvgIpc) is 2.90. The number of nitrogens with two attached hydrogens (primary N) is 1. The number of hydrogen-bond acceptors (Lipinski definition) is 2. The number of fused-ring (bicyclic) bond motifs is 1. The quantitative estimate of drug-likeness (QED) is 0.937. The number of para-hydroxylation sites is 1. The Morgan fingerprint density at radius 3 is 2.95 bits per heavy atom. The van der Waals surface area contributed by atoms with Crippen LogP contribution in [0.15, 0.2) is 36.4 Å². The lowest BCUT2D eigenvalue weighted by Crippen LogP contribution is -2.14. The van der Waals surface area contributed by atoms with Gasteiger partial charge in [0.15, 0.2) is 0 Å². The van der Waals surface area contributed by atoms with E-state index in [1.165, 1.54) is 17.7 Å². The fourth-order valence-electron chi connectivity index (χ4n) is 2.57. The Bertz CT molecular complexity index is 644. The van der Waals surface area contributed by atoms with Crippen LogP contribution in [-0.2, 0) is 12.8 Å². The van der Waals surface area contributed by atoms with E-state index in [1.54, 1.807) is 6.07 Å². The van der Waals surface area contributed by atoms with Crippen LogP contribution in [0.5, 0.6) is 5.75 Å². The van der Waals surface area contributed by atoms with Crippen LogP contribution in [0.1, 0.15) is 22.7 Å². The van der Waals surface area contributed by atoms with Crippen molar-refractivity contribution in [3.63, 3.8) is 0 Å². The smallest absolute Gasteiger partial charge is 0.127 e. The van der Waals surface area contributed by atoms with E-state index in [1.807, 2.05) is 12.1 Å². The molecule has 20 heavy (non-hydrogen) atoms. The first-order chi connectivity index (χ1) is 9.65. The van der Waals surface area contributed by atoms with Gasteiger partial charge in [0.1, 0.15) is 11.6 Å². The average molecular weight is 292 g/mol. The van der Waals surface area contributed by atoms with Gasteiger partial charge in [-0.1, -0.05) is 35.9 Å². The number of ether oxygens (including phenoxy) is 1. The molecule has 0 aliphatic carbocycles. The molecule has 0 saturated carbocycles. The third kappa shape index (κ3) is 2.51. The van der Waals surface area contributed by atoms with Crippen molar-refractivity contribution in [1.29, 1.82) is 0 Å². The Kier molecular flexibility index (Phi) is 3.64. The van der Waals surface area contributed by atoms with Crippen molar-refractivity contribution in [2.24, 2.45) is 5.73 Å². The second kappa shape index (κ2) is 5.43. The highest BCUT2D eigenvalue weighted by atomic mass is 35.5. The first-order valence-electron chi connectivity index (χ1n) is 6.59. The predicted octanol–water partition coefficient (Wildman–Crippen LogP) is 3.66. The van der Waals surface area contributed by atoms with Gasteiger partial charge >= 0.3 is 0 Å². The lowest BCUT2D eigenvalue weighted by atomic mass is 9.97. The molecule has 104 valence electrons. The summed E-state index contributed by atoms with van der Waals surface area (Å²) in [6.07, 6.45) is 1.48. The predicted molar refractivity (Wildman–Crippen MR) is 77.7 cm³/mol. The molecule has 0 bridgehead atoms. The summed E-state index contributed by atoms with van der Waals surface area (Å²) >= 11 is 6.05. The largest absolute Gasteiger partial charge is 0.493 e. The molecule has 4 heteroatoms. The van der Waals surface area contributed by atoms with E-state index in [2.05, 4.69) is 6.07 Å². The molecule has 2 aromatic rings.